The second-order valence-corrected chi connectivity index (χ2v) is 6.17. The number of aliphatic hydroxyl groups is 1. The summed E-state index contributed by atoms with van der Waals surface area (Å²) in [5.41, 5.74) is 0.343. The van der Waals surface area contributed by atoms with E-state index in [9.17, 15) is 5.11 Å². The largest absolute Gasteiger partial charge is 0.384 e. The molecule has 1 aromatic heterocycles. The second kappa shape index (κ2) is 4.80. The van der Waals surface area contributed by atoms with E-state index >= 15 is 0 Å². The van der Waals surface area contributed by atoms with Crippen LogP contribution in [-0.4, -0.2) is 5.11 Å². The fourth-order valence-electron chi connectivity index (χ4n) is 2.33. The normalized spacial score (nSPS) is 14.4. The highest BCUT2D eigenvalue weighted by Crippen LogP contribution is 2.35. The van der Waals surface area contributed by atoms with Crippen molar-refractivity contribution in [3.63, 3.8) is 0 Å². The topological polar surface area (TPSA) is 20.2 Å². The molecule has 0 saturated heterocycles. The first-order valence-electron chi connectivity index (χ1n) is 6.40. The highest BCUT2D eigenvalue weighted by atomic mass is 32.1. The smallest absolute Gasteiger partial charge is 0.1000 e. The fourth-order valence-corrected chi connectivity index (χ4v) is 3.43. The average Bonchev–Trinajstić information content (AvgIpc) is 2.84. The summed E-state index contributed by atoms with van der Waals surface area (Å²) in [7, 11) is 0. The number of hydrogen-bond acceptors (Lipinski definition) is 2. The molecule has 1 N–H and O–H groups in total. The molecule has 0 aliphatic rings. The van der Waals surface area contributed by atoms with Crippen LogP contribution in [0.3, 0.4) is 0 Å². The van der Waals surface area contributed by atoms with E-state index in [1.807, 2.05) is 37.3 Å². The minimum atomic E-state index is -0.814. The SMILES string of the molecule is CC(O)(Cc1ccccc1)c1cc2ccccc2s1. The minimum Gasteiger partial charge on any atom is -0.384 e. The van der Waals surface area contributed by atoms with E-state index < -0.39 is 5.60 Å². The Morgan fingerprint density at radius 1 is 1.00 bits per heavy atom. The maximum atomic E-state index is 10.8. The summed E-state index contributed by atoms with van der Waals surface area (Å²) >= 11 is 1.67. The molecule has 1 unspecified atom stereocenters. The summed E-state index contributed by atoms with van der Waals surface area (Å²) in [6.07, 6.45) is 0.640. The van der Waals surface area contributed by atoms with Gasteiger partial charge in [0.1, 0.15) is 0 Å². The maximum absolute atomic E-state index is 10.8. The van der Waals surface area contributed by atoms with E-state index in [0.29, 0.717) is 6.42 Å². The van der Waals surface area contributed by atoms with Gasteiger partial charge in [-0.25, -0.2) is 0 Å². The molecular formula is C17H16OS. The Balaban J connectivity index is 1.95. The molecule has 19 heavy (non-hydrogen) atoms. The van der Waals surface area contributed by atoms with Gasteiger partial charge >= 0.3 is 0 Å². The number of hydrogen-bond donors (Lipinski definition) is 1. The third-order valence-electron chi connectivity index (χ3n) is 3.35. The molecule has 0 aliphatic heterocycles. The van der Waals surface area contributed by atoms with Gasteiger partial charge in [0.25, 0.3) is 0 Å². The van der Waals surface area contributed by atoms with Crippen LogP contribution < -0.4 is 0 Å². The van der Waals surface area contributed by atoms with Crippen LogP contribution in [0.4, 0.5) is 0 Å². The van der Waals surface area contributed by atoms with Gasteiger partial charge in [-0.3, -0.25) is 0 Å². The Labute approximate surface area is 117 Å². The molecule has 2 heteroatoms. The number of benzene rings is 2. The first kappa shape index (κ1) is 12.4. The van der Waals surface area contributed by atoms with Gasteiger partial charge in [-0.2, -0.15) is 0 Å². The molecule has 1 atom stereocenters. The van der Waals surface area contributed by atoms with Crippen LogP contribution >= 0.6 is 11.3 Å². The fraction of sp³-hybridized carbons (Fsp3) is 0.176. The quantitative estimate of drug-likeness (QED) is 0.748. The highest BCUT2D eigenvalue weighted by molar-refractivity contribution is 7.19. The molecule has 96 valence electrons. The Bertz CT molecular complexity index is 650. The summed E-state index contributed by atoms with van der Waals surface area (Å²) in [6, 6.07) is 20.5. The summed E-state index contributed by atoms with van der Waals surface area (Å²) in [4.78, 5) is 1.03. The molecule has 1 nitrogen and oxygen atoms in total. The third-order valence-corrected chi connectivity index (χ3v) is 4.72. The lowest BCUT2D eigenvalue weighted by molar-refractivity contribution is 0.0616. The summed E-state index contributed by atoms with van der Waals surface area (Å²) < 4.78 is 1.23. The lowest BCUT2D eigenvalue weighted by Gasteiger charge is -2.21. The molecule has 2 aromatic carbocycles. The van der Waals surface area contributed by atoms with Gasteiger partial charge in [0, 0.05) is 16.0 Å². The zero-order chi connectivity index (χ0) is 13.3. The van der Waals surface area contributed by atoms with Gasteiger partial charge in [-0.15, -0.1) is 11.3 Å². The molecule has 0 radical (unpaired) electrons. The van der Waals surface area contributed by atoms with Gasteiger partial charge in [0.05, 0.1) is 5.60 Å². The van der Waals surface area contributed by atoms with Crippen molar-refractivity contribution in [3.8, 4) is 0 Å². The van der Waals surface area contributed by atoms with Gasteiger partial charge in [-0.05, 0) is 30.0 Å². The molecular weight excluding hydrogens is 252 g/mol. The zero-order valence-electron chi connectivity index (χ0n) is 10.8. The van der Waals surface area contributed by atoms with E-state index in [0.717, 1.165) is 10.4 Å². The predicted octanol–water partition coefficient (Wildman–Crippen LogP) is 4.35. The average molecular weight is 268 g/mol. The first-order valence-corrected chi connectivity index (χ1v) is 7.22. The lowest BCUT2D eigenvalue weighted by Crippen LogP contribution is -2.22. The molecule has 0 aliphatic carbocycles. The maximum Gasteiger partial charge on any atom is 0.1000 e. The van der Waals surface area contributed by atoms with E-state index in [4.69, 9.17) is 0 Å². The number of thiophene rings is 1. The van der Waals surface area contributed by atoms with Gasteiger partial charge in [0.15, 0.2) is 0 Å². The van der Waals surface area contributed by atoms with Crippen molar-refractivity contribution in [3.05, 3.63) is 71.1 Å². The van der Waals surface area contributed by atoms with Crippen molar-refractivity contribution in [1.29, 1.82) is 0 Å². The van der Waals surface area contributed by atoms with Crippen molar-refractivity contribution in [2.45, 2.75) is 18.9 Å². The van der Waals surface area contributed by atoms with Crippen molar-refractivity contribution >= 4 is 21.4 Å². The Kier molecular flexibility index (Phi) is 3.13. The third kappa shape index (κ3) is 2.55. The molecule has 0 amide bonds. The molecule has 1 heterocycles. The predicted molar refractivity (Wildman–Crippen MR) is 81.5 cm³/mol. The van der Waals surface area contributed by atoms with Crippen LogP contribution in [0, 0.1) is 0 Å². The van der Waals surface area contributed by atoms with Gasteiger partial charge < -0.3 is 5.11 Å². The Morgan fingerprint density at radius 2 is 1.68 bits per heavy atom. The summed E-state index contributed by atoms with van der Waals surface area (Å²) in [5.74, 6) is 0. The van der Waals surface area contributed by atoms with Crippen molar-refractivity contribution in [1.82, 2.24) is 0 Å². The van der Waals surface area contributed by atoms with Crippen LogP contribution in [0.5, 0.6) is 0 Å². The van der Waals surface area contributed by atoms with Gasteiger partial charge in [-0.1, -0.05) is 48.5 Å². The molecule has 0 spiro atoms. The zero-order valence-corrected chi connectivity index (χ0v) is 11.7. The monoisotopic (exact) mass is 268 g/mol. The van der Waals surface area contributed by atoms with Crippen LogP contribution in [0.15, 0.2) is 60.7 Å². The van der Waals surface area contributed by atoms with Crippen LogP contribution in [0.25, 0.3) is 10.1 Å². The molecule has 3 rings (SSSR count). The minimum absolute atomic E-state index is 0.640. The number of fused-ring (bicyclic) bond motifs is 1. The highest BCUT2D eigenvalue weighted by Gasteiger charge is 2.25. The molecule has 0 saturated carbocycles. The van der Waals surface area contributed by atoms with E-state index in [1.165, 1.54) is 10.1 Å². The summed E-state index contributed by atoms with van der Waals surface area (Å²) in [5, 5.41) is 12.0. The van der Waals surface area contributed by atoms with Gasteiger partial charge in [0.2, 0.25) is 0 Å². The van der Waals surface area contributed by atoms with Crippen molar-refractivity contribution < 1.29 is 5.11 Å². The van der Waals surface area contributed by atoms with Crippen molar-refractivity contribution in [2.75, 3.05) is 0 Å². The van der Waals surface area contributed by atoms with Crippen LogP contribution in [0.1, 0.15) is 17.4 Å². The first-order chi connectivity index (χ1) is 9.15. The molecule has 0 fully saturated rings. The molecule has 3 aromatic rings. The van der Waals surface area contributed by atoms with Crippen molar-refractivity contribution in [2.24, 2.45) is 0 Å². The van der Waals surface area contributed by atoms with E-state index in [2.05, 4.69) is 30.3 Å². The summed E-state index contributed by atoms with van der Waals surface area (Å²) in [6.45, 7) is 1.89. The standard InChI is InChI=1S/C17H16OS/c1-17(18,12-13-7-3-2-4-8-13)16-11-14-9-5-6-10-15(14)19-16/h2-11,18H,12H2,1H3. The Hall–Kier alpha value is -1.64. The Morgan fingerprint density at radius 3 is 2.42 bits per heavy atom. The van der Waals surface area contributed by atoms with Crippen LogP contribution in [0.2, 0.25) is 0 Å². The van der Waals surface area contributed by atoms with E-state index in [-0.39, 0.29) is 0 Å². The number of rotatable bonds is 3. The molecule has 0 bridgehead atoms. The van der Waals surface area contributed by atoms with E-state index in [1.54, 1.807) is 11.3 Å². The lowest BCUT2D eigenvalue weighted by atomic mass is 9.95. The van der Waals surface area contributed by atoms with Crippen LogP contribution in [-0.2, 0) is 12.0 Å². The second-order valence-electron chi connectivity index (χ2n) is 5.08.